The minimum absolute atomic E-state index is 0.0281. The van der Waals surface area contributed by atoms with Crippen LogP contribution in [0.5, 0.6) is 0 Å². The second-order valence-electron chi connectivity index (χ2n) is 6.12. The van der Waals surface area contributed by atoms with Gasteiger partial charge >= 0.3 is 0 Å². The number of hydrogen-bond donors (Lipinski definition) is 2. The fraction of sp³-hybridized carbons (Fsp3) is 0.500. The SMILES string of the molecule is CC(Cc1ccc(Cl)cc1)C(=O)NCC(=O)NC1CCS(=O)(=O)C1. The fourth-order valence-electron chi connectivity index (χ4n) is 2.60. The van der Waals surface area contributed by atoms with Crippen LogP contribution in [0.4, 0.5) is 0 Å². The maximum Gasteiger partial charge on any atom is 0.239 e. The molecule has 1 aliphatic heterocycles. The third kappa shape index (κ3) is 5.79. The molecule has 0 bridgehead atoms. The monoisotopic (exact) mass is 372 g/mol. The molecule has 1 aromatic carbocycles. The first-order valence-corrected chi connectivity index (χ1v) is 9.97. The molecular weight excluding hydrogens is 352 g/mol. The standard InChI is InChI=1S/C16H21ClN2O4S/c1-11(8-12-2-4-13(17)5-3-12)16(21)18-9-15(20)19-14-6-7-24(22,23)10-14/h2-5,11,14H,6-10H2,1H3,(H,18,21)(H,19,20). The normalized spacial score (nSPS) is 20.3. The maximum absolute atomic E-state index is 12.0. The number of halogens is 1. The predicted octanol–water partition coefficient (Wildman–Crippen LogP) is 0.938. The first kappa shape index (κ1) is 18.7. The van der Waals surface area contributed by atoms with Gasteiger partial charge in [-0.25, -0.2) is 8.42 Å². The summed E-state index contributed by atoms with van der Waals surface area (Å²) in [5.41, 5.74) is 0.989. The predicted molar refractivity (Wildman–Crippen MR) is 92.5 cm³/mol. The van der Waals surface area contributed by atoms with E-state index < -0.39 is 9.84 Å². The molecule has 2 N–H and O–H groups in total. The van der Waals surface area contributed by atoms with Crippen molar-refractivity contribution in [3.63, 3.8) is 0 Å². The number of sulfone groups is 1. The Balaban J connectivity index is 1.73. The number of carbonyl (C=O) groups is 2. The zero-order valence-corrected chi connectivity index (χ0v) is 15.0. The molecule has 0 aromatic heterocycles. The molecule has 132 valence electrons. The summed E-state index contributed by atoms with van der Waals surface area (Å²) in [6, 6.07) is 6.90. The van der Waals surface area contributed by atoms with Gasteiger partial charge < -0.3 is 10.6 Å². The highest BCUT2D eigenvalue weighted by Gasteiger charge is 2.28. The van der Waals surface area contributed by atoms with E-state index in [2.05, 4.69) is 10.6 Å². The molecule has 1 aliphatic rings. The number of rotatable bonds is 6. The molecule has 0 aliphatic carbocycles. The fourth-order valence-corrected chi connectivity index (χ4v) is 4.40. The minimum atomic E-state index is -3.03. The van der Waals surface area contributed by atoms with Crippen LogP contribution in [-0.2, 0) is 25.8 Å². The molecule has 1 saturated heterocycles. The number of benzene rings is 1. The molecular formula is C16H21ClN2O4S. The number of carbonyl (C=O) groups excluding carboxylic acids is 2. The number of nitrogens with one attached hydrogen (secondary N) is 2. The third-order valence-corrected chi connectivity index (χ3v) is 5.94. The van der Waals surface area contributed by atoms with E-state index in [9.17, 15) is 18.0 Å². The molecule has 6 nitrogen and oxygen atoms in total. The van der Waals surface area contributed by atoms with E-state index in [4.69, 9.17) is 11.6 Å². The highest BCUT2D eigenvalue weighted by molar-refractivity contribution is 7.91. The van der Waals surface area contributed by atoms with Gasteiger partial charge in [-0.15, -0.1) is 0 Å². The van der Waals surface area contributed by atoms with Crippen LogP contribution in [0.15, 0.2) is 24.3 Å². The molecule has 24 heavy (non-hydrogen) atoms. The largest absolute Gasteiger partial charge is 0.351 e. The van der Waals surface area contributed by atoms with Crippen LogP contribution >= 0.6 is 11.6 Å². The summed E-state index contributed by atoms with van der Waals surface area (Å²) in [5.74, 6) is -0.809. The molecule has 0 spiro atoms. The van der Waals surface area contributed by atoms with Gasteiger partial charge in [0, 0.05) is 17.0 Å². The lowest BCUT2D eigenvalue weighted by Gasteiger charge is -2.14. The van der Waals surface area contributed by atoms with Crippen molar-refractivity contribution in [1.29, 1.82) is 0 Å². The van der Waals surface area contributed by atoms with E-state index in [1.807, 2.05) is 12.1 Å². The molecule has 0 radical (unpaired) electrons. The highest BCUT2D eigenvalue weighted by atomic mass is 35.5. The van der Waals surface area contributed by atoms with E-state index in [1.165, 1.54) is 0 Å². The van der Waals surface area contributed by atoms with Gasteiger partial charge in [0.15, 0.2) is 9.84 Å². The van der Waals surface area contributed by atoms with Crippen LogP contribution in [-0.4, -0.2) is 44.3 Å². The van der Waals surface area contributed by atoms with E-state index in [0.29, 0.717) is 17.9 Å². The van der Waals surface area contributed by atoms with Crippen molar-refractivity contribution >= 4 is 33.3 Å². The summed E-state index contributed by atoms with van der Waals surface area (Å²) in [6.45, 7) is 1.63. The topological polar surface area (TPSA) is 92.3 Å². The summed E-state index contributed by atoms with van der Waals surface area (Å²) < 4.78 is 22.7. The molecule has 1 fully saturated rings. The Morgan fingerprint density at radius 2 is 1.96 bits per heavy atom. The van der Waals surface area contributed by atoms with Crippen LogP contribution < -0.4 is 10.6 Å². The quantitative estimate of drug-likeness (QED) is 0.777. The zero-order chi connectivity index (χ0) is 17.7. The van der Waals surface area contributed by atoms with Crippen LogP contribution in [0.1, 0.15) is 18.9 Å². The van der Waals surface area contributed by atoms with Crippen LogP contribution in [0.3, 0.4) is 0 Å². The maximum atomic E-state index is 12.0. The average Bonchev–Trinajstić information content (AvgIpc) is 2.85. The van der Waals surface area contributed by atoms with Crippen LogP contribution in [0, 0.1) is 5.92 Å². The van der Waals surface area contributed by atoms with E-state index >= 15 is 0 Å². The molecule has 2 rings (SSSR count). The molecule has 1 heterocycles. The summed E-state index contributed by atoms with van der Waals surface area (Å²) in [7, 11) is -3.03. The average molecular weight is 373 g/mol. The van der Waals surface area contributed by atoms with Crippen LogP contribution in [0.2, 0.25) is 5.02 Å². The lowest BCUT2D eigenvalue weighted by molar-refractivity contribution is -0.128. The summed E-state index contributed by atoms with van der Waals surface area (Å²) in [6.07, 6.45) is 0.973. The second-order valence-corrected chi connectivity index (χ2v) is 8.78. The van der Waals surface area contributed by atoms with Crippen molar-refractivity contribution in [2.45, 2.75) is 25.8 Å². The minimum Gasteiger partial charge on any atom is -0.351 e. The van der Waals surface area contributed by atoms with E-state index in [1.54, 1.807) is 19.1 Å². The van der Waals surface area contributed by atoms with Gasteiger partial charge in [0.1, 0.15) is 0 Å². The molecule has 2 unspecified atom stereocenters. The Labute approximate surface area is 146 Å². The first-order valence-electron chi connectivity index (χ1n) is 7.77. The lowest BCUT2D eigenvalue weighted by Crippen LogP contribution is -2.43. The summed E-state index contributed by atoms with van der Waals surface area (Å²) >= 11 is 5.82. The van der Waals surface area contributed by atoms with Crippen molar-refractivity contribution in [1.82, 2.24) is 10.6 Å². The highest BCUT2D eigenvalue weighted by Crippen LogP contribution is 2.13. The number of amides is 2. The Morgan fingerprint density at radius 1 is 1.29 bits per heavy atom. The van der Waals surface area contributed by atoms with Gasteiger partial charge in [-0.3, -0.25) is 9.59 Å². The molecule has 8 heteroatoms. The first-order chi connectivity index (χ1) is 11.2. The summed E-state index contributed by atoms with van der Waals surface area (Å²) in [5, 5.41) is 5.86. The molecule has 1 aromatic rings. The van der Waals surface area contributed by atoms with Gasteiger partial charge in [-0.2, -0.15) is 0 Å². The van der Waals surface area contributed by atoms with Crippen molar-refractivity contribution in [3.05, 3.63) is 34.9 Å². The lowest BCUT2D eigenvalue weighted by atomic mass is 10.0. The van der Waals surface area contributed by atoms with Crippen LogP contribution in [0.25, 0.3) is 0 Å². The van der Waals surface area contributed by atoms with Gasteiger partial charge in [-0.1, -0.05) is 30.7 Å². The van der Waals surface area contributed by atoms with Crippen molar-refractivity contribution in [2.75, 3.05) is 18.1 Å². The molecule has 2 atom stereocenters. The van der Waals surface area contributed by atoms with Crippen molar-refractivity contribution in [3.8, 4) is 0 Å². The smallest absolute Gasteiger partial charge is 0.239 e. The van der Waals surface area contributed by atoms with E-state index in [-0.39, 0.29) is 41.8 Å². The second kappa shape index (κ2) is 7.98. The van der Waals surface area contributed by atoms with Crippen molar-refractivity contribution < 1.29 is 18.0 Å². The number of hydrogen-bond acceptors (Lipinski definition) is 4. The van der Waals surface area contributed by atoms with Gasteiger partial charge in [0.05, 0.1) is 18.1 Å². The summed E-state index contributed by atoms with van der Waals surface area (Å²) in [4.78, 5) is 23.8. The molecule has 0 saturated carbocycles. The van der Waals surface area contributed by atoms with Gasteiger partial charge in [0.2, 0.25) is 11.8 Å². The third-order valence-electron chi connectivity index (χ3n) is 3.92. The molecule has 2 amide bonds. The van der Waals surface area contributed by atoms with Gasteiger partial charge in [0.25, 0.3) is 0 Å². The Kier molecular flexibility index (Phi) is 6.23. The Morgan fingerprint density at radius 3 is 2.54 bits per heavy atom. The Bertz CT molecular complexity index is 703. The van der Waals surface area contributed by atoms with Gasteiger partial charge in [-0.05, 0) is 30.5 Å². The van der Waals surface area contributed by atoms with Crippen molar-refractivity contribution in [2.24, 2.45) is 5.92 Å². The Hall–Kier alpha value is -1.60. The van der Waals surface area contributed by atoms with E-state index in [0.717, 1.165) is 5.56 Å². The zero-order valence-electron chi connectivity index (χ0n) is 13.4.